The summed E-state index contributed by atoms with van der Waals surface area (Å²) >= 11 is 0. The lowest BCUT2D eigenvalue weighted by Gasteiger charge is -2.31. The van der Waals surface area contributed by atoms with Crippen LogP contribution < -0.4 is 0 Å². The number of hydrogen-bond acceptors (Lipinski definition) is 7. The van der Waals surface area contributed by atoms with E-state index < -0.39 is 18.0 Å². The maximum atomic E-state index is 12.0. The first-order valence-electron chi connectivity index (χ1n) is 8.47. The molecule has 0 aromatic rings. The van der Waals surface area contributed by atoms with Crippen molar-refractivity contribution >= 4 is 17.7 Å². The van der Waals surface area contributed by atoms with E-state index in [0.717, 1.165) is 0 Å². The molecule has 1 fully saturated rings. The summed E-state index contributed by atoms with van der Waals surface area (Å²) in [5.41, 5.74) is 8.42. The van der Waals surface area contributed by atoms with Gasteiger partial charge in [-0.1, -0.05) is 5.11 Å². The number of carboxylic acids is 2. The fourth-order valence-corrected chi connectivity index (χ4v) is 3.04. The van der Waals surface area contributed by atoms with Crippen LogP contribution in [0.2, 0.25) is 0 Å². The maximum Gasteiger partial charge on any atom is 0.317 e. The van der Waals surface area contributed by atoms with Crippen LogP contribution in [0.4, 0.5) is 0 Å². The Morgan fingerprint density at radius 1 is 1.00 bits per heavy atom. The molecule has 0 aliphatic carbocycles. The summed E-state index contributed by atoms with van der Waals surface area (Å²) in [6.45, 7) is 4.14. The Balaban J connectivity index is 2.90. The second-order valence-electron chi connectivity index (χ2n) is 6.25. The molecule has 146 valence electrons. The van der Waals surface area contributed by atoms with E-state index >= 15 is 0 Å². The first kappa shape index (κ1) is 21.8. The second kappa shape index (κ2) is 11.4. The van der Waals surface area contributed by atoms with Gasteiger partial charge >= 0.3 is 11.9 Å². The van der Waals surface area contributed by atoms with Crippen LogP contribution >= 0.6 is 0 Å². The zero-order valence-electron chi connectivity index (χ0n) is 15.0. The number of carbonyl (C=O) groups excluding carboxylic acids is 1. The van der Waals surface area contributed by atoms with Gasteiger partial charge in [0.2, 0.25) is 0 Å². The van der Waals surface area contributed by atoms with E-state index in [4.69, 9.17) is 15.7 Å². The molecule has 1 rings (SSSR count). The molecule has 0 bridgehead atoms. The zero-order valence-corrected chi connectivity index (χ0v) is 15.0. The Kier molecular flexibility index (Phi) is 9.60. The van der Waals surface area contributed by atoms with Crippen molar-refractivity contribution in [2.24, 2.45) is 5.11 Å². The molecule has 0 saturated carbocycles. The minimum Gasteiger partial charge on any atom is -0.480 e. The minimum atomic E-state index is -0.952. The van der Waals surface area contributed by atoms with E-state index in [1.807, 2.05) is 4.90 Å². The van der Waals surface area contributed by atoms with Crippen molar-refractivity contribution in [3.63, 3.8) is 0 Å². The number of azide groups is 1. The number of Topliss-reactive ketones (excluding diaryl/α,β-unsaturated/α-hetero) is 1. The molecule has 0 radical (unpaired) electrons. The normalized spacial score (nSPS) is 18.8. The Bertz CT molecular complexity index is 523. The van der Waals surface area contributed by atoms with Crippen LogP contribution in [0.1, 0.15) is 13.3 Å². The smallest absolute Gasteiger partial charge is 0.317 e. The summed E-state index contributed by atoms with van der Waals surface area (Å²) in [6.07, 6.45) is 0.372. The Hall–Kier alpha value is -2.20. The predicted octanol–water partition coefficient (Wildman–Crippen LogP) is -0.267. The summed E-state index contributed by atoms with van der Waals surface area (Å²) in [5, 5.41) is 21.6. The minimum absolute atomic E-state index is 0.0630. The highest BCUT2D eigenvalue weighted by Crippen LogP contribution is 2.10. The highest BCUT2D eigenvalue weighted by Gasteiger charge is 2.26. The highest BCUT2D eigenvalue weighted by atomic mass is 16.4. The van der Waals surface area contributed by atoms with E-state index in [1.54, 1.807) is 9.80 Å². The Morgan fingerprint density at radius 3 is 1.85 bits per heavy atom. The van der Waals surface area contributed by atoms with E-state index in [-0.39, 0.29) is 25.4 Å². The van der Waals surface area contributed by atoms with Crippen LogP contribution in [0, 0.1) is 0 Å². The van der Waals surface area contributed by atoms with Gasteiger partial charge in [-0.3, -0.25) is 29.1 Å². The van der Waals surface area contributed by atoms with Crippen LogP contribution in [0.5, 0.6) is 0 Å². The molecular formula is C15H26N6O5. The number of carbonyl (C=O) groups is 3. The van der Waals surface area contributed by atoms with Gasteiger partial charge in [0.25, 0.3) is 0 Å². The second-order valence-corrected chi connectivity index (χ2v) is 6.25. The van der Waals surface area contributed by atoms with Crippen molar-refractivity contribution in [2.45, 2.75) is 19.4 Å². The van der Waals surface area contributed by atoms with Crippen LogP contribution in [0.15, 0.2) is 5.11 Å². The van der Waals surface area contributed by atoms with E-state index in [1.165, 1.54) is 6.92 Å². The van der Waals surface area contributed by atoms with Gasteiger partial charge in [-0.25, -0.2) is 0 Å². The fourth-order valence-electron chi connectivity index (χ4n) is 3.04. The largest absolute Gasteiger partial charge is 0.480 e. The molecule has 1 unspecified atom stereocenters. The third kappa shape index (κ3) is 8.26. The van der Waals surface area contributed by atoms with Gasteiger partial charge in [0.15, 0.2) is 0 Å². The molecule has 11 heteroatoms. The van der Waals surface area contributed by atoms with Gasteiger partial charge in [0.05, 0.1) is 19.1 Å². The highest BCUT2D eigenvalue weighted by molar-refractivity contribution is 5.81. The molecule has 1 saturated heterocycles. The molecule has 1 atom stereocenters. The molecule has 11 nitrogen and oxygen atoms in total. The number of hydrogen-bond donors (Lipinski definition) is 2. The topological polar surface area (TPSA) is 150 Å². The SMILES string of the molecule is CC(=O)C(CCN=[N+]=[N-])N1CCN(CC(=O)O)CCN(CC(=O)O)CC1. The quantitative estimate of drug-likeness (QED) is 0.320. The lowest BCUT2D eigenvalue weighted by atomic mass is 10.1. The number of rotatable bonds is 9. The van der Waals surface area contributed by atoms with Crippen LogP contribution in [0.25, 0.3) is 10.4 Å². The Labute approximate surface area is 151 Å². The van der Waals surface area contributed by atoms with E-state index in [2.05, 4.69) is 10.0 Å². The molecule has 2 N–H and O–H groups in total. The van der Waals surface area contributed by atoms with Crippen molar-refractivity contribution in [1.29, 1.82) is 0 Å². The molecule has 1 aliphatic rings. The summed E-state index contributed by atoms with van der Waals surface area (Å²) in [4.78, 5) is 42.2. The Morgan fingerprint density at radius 2 is 1.46 bits per heavy atom. The van der Waals surface area contributed by atoms with Gasteiger partial charge in [-0.05, 0) is 18.9 Å². The first-order valence-corrected chi connectivity index (χ1v) is 8.47. The molecule has 0 amide bonds. The third-order valence-electron chi connectivity index (χ3n) is 4.33. The fraction of sp³-hybridized carbons (Fsp3) is 0.800. The summed E-state index contributed by atoms with van der Waals surface area (Å²) in [5.74, 6) is -1.97. The number of nitrogens with zero attached hydrogens (tertiary/aromatic N) is 6. The molecule has 0 spiro atoms. The number of aliphatic carboxylic acids is 2. The molecule has 1 aliphatic heterocycles. The lowest BCUT2D eigenvalue weighted by molar-refractivity contribution is -0.140. The monoisotopic (exact) mass is 370 g/mol. The molecule has 26 heavy (non-hydrogen) atoms. The summed E-state index contributed by atoms with van der Waals surface area (Å²) < 4.78 is 0. The summed E-state index contributed by atoms with van der Waals surface area (Å²) in [6, 6.07) is -0.447. The van der Waals surface area contributed by atoms with Gasteiger partial charge in [0.1, 0.15) is 5.78 Å². The summed E-state index contributed by atoms with van der Waals surface area (Å²) in [7, 11) is 0. The molecule has 0 aromatic carbocycles. The van der Waals surface area contributed by atoms with Gasteiger partial charge in [-0.15, -0.1) is 0 Å². The third-order valence-corrected chi connectivity index (χ3v) is 4.33. The molecule has 1 heterocycles. The lowest BCUT2D eigenvalue weighted by Crippen LogP contribution is -2.46. The van der Waals surface area contributed by atoms with Crippen LogP contribution in [-0.4, -0.2) is 108 Å². The first-order chi connectivity index (χ1) is 12.3. The van der Waals surface area contributed by atoms with Gasteiger partial charge in [0, 0.05) is 50.7 Å². The molecule has 0 aromatic heterocycles. The predicted molar refractivity (Wildman–Crippen MR) is 92.8 cm³/mol. The maximum absolute atomic E-state index is 12.0. The van der Waals surface area contributed by atoms with E-state index in [0.29, 0.717) is 45.7 Å². The van der Waals surface area contributed by atoms with Crippen molar-refractivity contribution in [2.75, 3.05) is 58.9 Å². The van der Waals surface area contributed by atoms with Crippen molar-refractivity contribution in [3.8, 4) is 0 Å². The van der Waals surface area contributed by atoms with Crippen molar-refractivity contribution in [3.05, 3.63) is 10.4 Å². The average molecular weight is 370 g/mol. The van der Waals surface area contributed by atoms with Crippen LogP contribution in [0.3, 0.4) is 0 Å². The average Bonchev–Trinajstić information content (AvgIpc) is 2.63. The standard InChI is InChI=1S/C15H26N6O5/c1-12(22)13(2-3-17-18-16)21-8-6-19(10-14(23)24)4-5-20(7-9-21)11-15(25)26/h13H,2-11H2,1H3,(H,23,24)(H,25,26). The number of ketones is 1. The number of carboxylic acid groups (broad SMARTS) is 2. The molecular weight excluding hydrogens is 344 g/mol. The van der Waals surface area contributed by atoms with Crippen LogP contribution in [-0.2, 0) is 14.4 Å². The van der Waals surface area contributed by atoms with Gasteiger partial charge < -0.3 is 10.2 Å². The van der Waals surface area contributed by atoms with Crippen molar-refractivity contribution in [1.82, 2.24) is 14.7 Å². The van der Waals surface area contributed by atoms with Gasteiger partial charge in [-0.2, -0.15) is 0 Å². The van der Waals surface area contributed by atoms with E-state index in [9.17, 15) is 14.4 Å². The van der Waals surface area contributed by atoms with Crippen molar-refractivity contribution < 1.29 is 24.6 Å². The zero-order chi connectivity index (χ0) is 19.5.